The van der Waals surface area contributed by atoms with Crippen LogP contribution in [0.2, 0.25) is 0 Å². The van der Waals surface area contributed by atoms with Crippen molar-refractivity contribution in [1.29, 1.82) is 0 Å². The van der Waals surface area contributed by atoms with Gasteiger partial charge in [0.05, 0.1) is 10.7 Å². The molecule has 1 heterocycles. The monoisotopic (exact) mass is 173 g/mol. The Labute approximate surface area is 70.9 Å². The molecule has 56 valence electrons. The lowest BCUT2D eigenvalue weighted by Crippen LogP contribution is -1.84. The molecule has 0 aliphatic heterocycles. The number of thiazole rings is 1. The van der Waals surface area contributed by atoms with Crippen molar-refractivity contribution in [2.75, 3.05) is 5.75 Å². The molecule has 3 heteroatoms. The van der Waals surface area contributed by atoms with E-state index >= 15 is 0 Å². The van der Waals surface area contributed by atoms with Crippen LogP contribution in [0.4, 0.5) is 0 Å². The molecule has 0 fully saturated rings. The highest BCUT2D eigenvalue weighted by Crippen LogP contribution is 2.17. The summed E-state index contributed by atoms with van der Waals surface area (Å²) in [5.74, 6) is 0.919. The molecular formula is C7H11NS2. The summed E-state index contributed by atoms with van der Waals surface area (Å²) in [6.07, 6.45) is 1.06. The third-order valence-electron chi connectivity index (χ3n) is 1.34. The summed E-state index contributed by atoms with van der Waals surface area (Å²) in [5.41, 5.74) is 1.18. The Balaban J connectivity index is 2.81. The van der Waals surface area contributed by atoms with Crippen LogP contribution < -0.4 is 0 Å². The summed E-state index contributed by atoms with van der Waals surface area (Å²) in [6, 6.07) is 0. The summed E-state index contributed by atoms with van der Waals surface area (Å²) >= 11 is 5.95. The van der Waals surface area contributed by atoms with Gasteiger partial charge in [-0.25, -0.2) is 4.98 Å². The number of rotatable bonds is 2. The zero-order valence-electron chi connectivity index (χ0n) is 6.22. The van der Waals surface area contributed by atoms with Gasteiger partial charge in [0.2, 0.25) is 0 Å². The first-order chi connectivity index (χ1) is 4.74. The SMILES string of the molecule is Cc1nc(C)c(CCS)s1. The average molecular weight is 173 g/mol. The maximum atomic E-state index is 4.31. The van der Waals surface area contributed by atoms with Crippen molar-refractivity contribution >= 4 is 24.0 Å². The molecular weight excluding hydrogens is 162 g/mol. The van der Waals surface area contributed by atoms with E-state index in [1.165, 1.54) is 10.6 Å². The first kappa shape index (κ1) is 8.08. The number of aryl methyl sites for hydroxylation is 3. The van der Waals surface area contributed by atoms with E-state index in [4.69, 9.17) is 0 Å². The van der Waals surface area contributed by atoms with Crippen LogP contribution in [0, 0.1) is 13.8 Å². The zero-order valence-corrected chi connectivity index (χ0v) is 7.93. The molecule has 0 N–H and O–H groups in total. The second kappa shape index (κ2) is 3.39. The summed E-state index contributed by atoms with van der Waals surface area (Å²) in [6.45, 7) is 4.10. The van der Waals surface area contributed by atoms with Crippen LogP contribution in [-0.2, 0) is 6.42 Å². The van der Waals surface area contributed by atoms with E-state index in [9.17, 15) is 0 Å². The van der Waals surface area contributed by atoms with E-state index in [0.717, 1.165) is 17.2 Å². The Morgan fingerprint density at radius 1 is 1.50 bits per heavy atom. The van der Waals surface area contributed by atoms with Gasteiger partial charge in [-0.05, 0) is 26.0 Å². The van der Waals surface area contributed by atoms with Gasteiger partial charge < -0.3 is 0 Å². The van der Waals surface area contributed by atoms with Gasteiger partial charge in [-0.2, -0.15) is 12.6 Å². The van der Waals surface area contributed by atoms with Crippen molar-refractivity contribution in [1.82, 2.24) is 4.98 Å². The van der Waals surface area contributed by atoms with Crippen LogP contribution in [0.1, 0.15) is 15.6 Å². The zero-order chi connectivity index (χ0) is 7.56. The predicted octanol–water partition coefficient (Wildman–Crippen LogP) is 2.23. The molecule has 0 saturated carbocycles. The first-order valence-electron chi connectivity index (χ1n) is 3.28. The summed E-state index contributed by atoms with van der Waals surface area (Å²) in [7, 11) is 0. The van der Waals surface area contributed by atoms with Crippen LogP contribution in [0.5, 0.6) is 0 Å². The number of nitrogens with zero attached hydrogens (tertiary/aromatic N) is 1. The third-order valence-corrected chi connectivity index (χ3v) is 2.69. The highest BCUT2D eigenvalue weighted by atomic mass is 32.1. The predicted molar refractivity (Wildman–Crippen MR) is 49.1 cm³/mol. The van der Waals surface area contributed by atoms with Crippen LogP contribution in [0.25, 0.3) is 0 Å². The van der Waals surface area contributed by atoms with Crippen molar-refractivity contribution in [3.8, 4) is 0 Å². The molecule has 0 spiro atoms. The maximum absolute atomic E-state index is 4.31. The van der Waals surface area contributed by atoms with E-state index in [1.807, 2.05) is 6.92 Å². The van der Waals surface area contributed by atoms with Crippen LogP contribution in [0.3, 0.4) is 0 Å². The normalized spacial score (nSPS) is 10.3. The first-order valence-corrected chi connectivity index (χ1v) is 4.72. The fraction of sp³-hybridized carbons (Fsp3) is 0.571. The minimum Gasteiger partial charge on any atom is -0.247 e. The molecule has 0 saturated heterocycles. The molecule has 1 aromatic heterocycles. The summed E-state index contributed by atoms with van der Waals surface area (Å²) in [4.78, 5) is 5.70. The van der Waals surface area contributed by atoms with Gasteiger partial charge in [-0.1, -0.05) is 0 Å². The van der Waals surface area contributed by atoms with E-state index in [1.54, 1.807) is 11.3 Å². The fourth-order valence-electron chi connectivity index (χ4n) is 0.907. The largest absolute Gasteiger partial charge is 0.247 e. The Morgan fingerprint density at radius 3 is 2.60 bits per heavy atom. The Bertz CT molecular complexity index is 217. The summed E-state index contributed by atoms with van der Waals surface area (Å²) in [5, 5.41) is 1.16. The lowest BCUT2D eigenvalue weighted by Gasteiger charge is -1.90. The molecule has 0 aromatic carbocycles. The standard InChI is InChI=1S/C7H11NS2/c1-5-7(3-4-9)10-6(2)8-5/h9H,3-4H2,1-2H3. The van der Waals surface area contributed by atoms with Gasteiger partial charge in [-0.3, -0.25) is 0 Å². The highest BCUT2D eigenvalue weighted by Gasteiger charge is 2.01. The minimum absolute atomic E-state index is 0.919. The summed E-state index contributed by atoms with van der Waals surface area (Å²) < 4.78 is 0. The second-order valence-corrected chi connectivity index (χ2v) is 3.95. The second-order valence-electron chi connectivity index (χ2n) is 2.22. The van der Waals surface area contributed by atoms with E-state index in [-0.39, 0.29) is 0 Å². The fourth-order valence-corrected chi connectivity index (χ4v) is 2.22. The minimum atomic E-state index is 0.919. The molecule has 1 nitrogen and oxygen atoms in total. The van der Waals surface area contributed by atoms with Crippen molar-refractivity contribution in [3.05, 3.63) is 15.6 Å². The number of thiol groups is 1. The average Bonchev–Trinajstić information content (AvgIpc) is 2.13. The van der Waals surface area contributed by atoms with Gasteiger partial charge in [0, 0.05) is 4.88 Å². The number of hydrogen-bond acceptors (Lipinski definition) is 3. The molecule has 0 bridgehead atoms. The molecule has 0 aliphatic rings. The van der Waals surface area contributed by atoms with Crippen molar-refractivity contribution in [2.24, 2.45) is 0 Å². The van der Waals surface area contributed by atoms with Crippen LogP contribution in [-0.4, -0.2) is 10.7 Å². The number of aromatic nitrogens is 1. The smallest absolute Gasteiger partial charge is 0.0900 e. The van der Waals surface area contributed by atoms with E-state index in [0.29, 0.717) is 0 Å². The van der Waals surface area contributed by atoms with Gasteiger partial charge in [0.1, 0.15) is 0 Å². The van der Waals surface area contributed by atoms with Gasteiger partial charge >= 0.3 is 0 Å². The Kier molecular flexibility index (Phi) is 2.74. The lowest BCUT2D eigenvalue weighted by atomic mass is 10.3. The molecule has 0 amide bonds. The molecule has 0 radical (unpaired) electrons. The van der Waals surface area contributed by atoms with Crippen molar-refractivity contribution in [2.45, 2.75) is 20.3 Å². The molecule has 0 unspecified atom stereocenters. The Morgan fingerprint density at radius 2 is 2.20 bits per heavy atom. The number of hydrogen-bond donors (Lipinski definition) is 1. The van der Waals surface area contributed by atoms with Gasteiger partial charge in [0.25, 0.3) is 0 Å². The van der Waals surface area contributed by atoms with Crippen LogP contribution in [0.15, 0.2) is 0 Å². The quantitative estimate of drug-likeness (QED) is 0.677. The molecule has 1 rings (SSSR count). The van der Waals surface area contributed by atoms with Crippen molar-refractivity contribution in [3.63, 3.8) is 0 Å². The van der Waals surface area contributed by atoms with E-state index in [2.05, 4.69) is 24.5 Å². The van der Waals surface area contributed by atoms with Gasteiger partial charge in [0.15, 0.2) is 0 Å². The lowest BCUT2D eigenvalue weighted by molar-refractivity contribution is 1.11. The molecule has 10 heavy (non-hydrogen) atoms. The van der Waals surface area contributed by atoms with E-state index < -0.39 is 0 Å². The van der Waals surface area contributed by atoms with Gasteiger partial charge in [-0.15, -0.1) is 11.3 Å². The topological polar surface area (TPSA) is 12.9 Å². The Hall–Kier alpha value is -0.0200. The van der Waals surface area contributed by atoms with Crippen molar-refractivity contribution < 1.29 is 0 Å². The molecule has 0 atom stereocenters. The highest BCUT2D eigenvalue weighted by molar-refractivity contribution is 7.80. The van der Waals surface area contributed by atoms with Crippen LogP contribution >= 0.6 is 24.0 Å². The molecule has 0 aliphatic carbocycles. The molecule has 1 aromatic rings. The maximum Gasteiger partial charge on any atom is 0.0900 e. The third kappa shape index (κ3) is 1.73.